The Morgan fingerprint density at radius 2 is 1.71 bits per heavy atom. The highest BCUT2D eigenvalue weighted by Gasteiger charge is 2.25. The van der Waals surface area contributed by atoms with Crippen molar-refractivity contribution in [1.82, 2.24) is 9.55 Å². The van der Waals surface area contributed by atoms with Gasteiger partial charge in [-0.2, -0.15) is 5.26 Å². The van der Waals surface area contributed by atoms with Crippen LogP contribution in [-0.4, -0.2) is 27.3 Å². The highest BCUT2D eigenvalue weighted by molar-refractivity contribution is 8.00. The van der Waals surface area contributed by atoms with Crippen molar-refractivity contribution in [2.45, 2.75) is 37.6 Å². The molecule has 1 unspecified atom stereocenters. The van der Waals surface area contributed by atoms with Crippen LogP contribution in [0, 0.1) is 25.2 Å². The van der Waals surface area contributed by atoms with E-state index < -0.39 is 5.25 Å². The predicted octanol–water partition coefficient (Wildman–Crippen LogP) is 5.43. The number of hydrogen-bond donors (Lipinski definition) is 0. The maximum Gasteiger partial charge on any atom is 0.266 e. The third-order valence-corrected chi connectivity index (χ3v) is 6.66. The van der Waals surface area contributed by atoms with E-state index in [9.17, 15) is 9.59 Å². The number of thioether (sulfide) groups is 1. The largest absolute Gasteiger partial charge is 0.310 e. The molecule has 4 rings (SSSR count). The van der Waals surface area contributed by atoms with Gasteiger partial charge >= 0.3 is 0 Å². The molecule has 0 spiro atoms. The van der Waals surface area contributed by atoms with Gasteiger partial charge in [0.2, 0.25) is 5.91 Å². The Morgan fingerprint density at radius 1 is 1.06 bits per heavy atom. The lowest BCUT2D eigenvalue weighted by molar-refractivity contribution is -0.117. The molecular weight excluding hydrogens is 456 g/mol. The van der Waals surface area contributed by atoms with Gasteiger partial charge in [0, 0.05) is 12.2 Å². The van der Waals surface area contributed by atoms with Gasteiger partial charge in [0.05, 0.1) is 34.3 Å². The molecule has 4 aromatic rings. The third kappa shape index (κ3) is 5.28. The van der Waals surface area contributed by atoms with Gasteiger partial charge in [-0.15, -0.1) is 0 Å². The molecule has 0 saturated carbocycles. The van der Waals surface area contributed by atoms with Gasteiger partial charge in [-0.25, -0.2) is 4.98 Å². The second-order valence-electron chi connectivity index (χ2n) is 8.39. The number of anilines is 1. The minimum atomic E-state index is -0.542. The number of para-hydroxylation sites is 2. The average molecular weight is 483 g/mol. The summed E-state index contributed by atoms with van der Waals surface area (Å²) in [6.45, 7) is 6.07. The van der Waals surface area contributed by atoms with Crippen LogP contribution in [0.3, 0.4) is 0 Å². The number of carbonyl (C=O) groups excluding carboxylic acids is 1. The van der Waals surface area contributed by atoms with Crippen LogP contribution in [-0.2, 0) is 4.79 Å². The Labute approximate surface area is 208 Å². The van der Waals surface area contributed by atoms with Crippen molar-refractivity contribution in [1.29, 1.82) is 5.26 Å². The van der Waals surface area contributed by atoms with Crippen molar-refractivity contribution >= 4 is 34.3 Å². The summed E-state index contributed by atoms with van der Waals surface area (Å²) >= 11 is 1.25. The van der Waals surface area contributed by atoms with Crippen molar-refractivity contribution in [2.24, 2.45) is 0 Å². The second-order valence-corrected chi connectivity index (χ2v) is 9.70. The summed E-state index contributed by atoms with van der Waals surface area (Å²) in [6.07, 6.45) is 0.222. The summed E-state index contributed by atoms with van der Waals surface area (Å²) in [7, 11) is 0. The molecule has 1 aromatic heterocycles. The highest BCUT2D eigenvalue weighted by atomic mass is 32.2. The zero-order valence-corrected chi connectivity index (χ0v) is 20.7. The number of amides is 1. The number of rotatable bonds is 7. The summed E-state index contributed by atoms with van der Waals surface area (Å²) in [5.74, 6) is -0.147. The lowest BCUT2D eigenvalue weighted by atomic mass is 10.1. The van der Waals surface area contributed by atoms with Gasteiger partial charge in [0.1, 0.15) is 0 Å². The van der Waals surface area contributed by atoms with Crippen molar-refractivity contribution in [2.75, 3.05) is 11.4 Å². The van der Waals surface area contributed by atoms with E-state index in [1.165, 1.54) is 11.8 Å². The van der Waals surface area contributed by atoms with Gasteiger partial charge in [-0.3, -0.25) is 14.2 Å². The molecule has 0 aliphatic heterocycles. The first-order valence-electron chi connectivity index (χ1n) is 11.4. The second kappa shape index (κ2) is 10.6. The van der Waals surface area contributed by atoms with Crippen LogP contribution < -0.4 is 10.5 Å². The van der Waals surface area contributed by atoms with Gasteiger partial charge < -0.3 is 4.90 Å². The van der Waals surface area contributed by atoms with Crippen LogP contribution in [0.25, 0.3) is 16.6 Å². The number of fused-ring (bicyclic) bond motifs is 1. The summed E-state index contributed by atoms with van der Waals surface area (Å²) < 4.78 is 1.60. The molecule has 3 aromatic carbocycles. The summed E-state index contributed by atoms with van der Waals surface area (Å²) in [6, 6.07) is 24.6. The van der Waals surface area contributed by atoms with E-state index in [0.29, 0.717) is 22.6 Å². The van der Waals surface area contributed by atoms with Crippen LogP contribution in [0.15, 0.2) is 82.7 Å². The standard InChI is InChI=1S/C28H26N4O2S/c1-19-16-20(2)18-23(17-19)32-27(34)24-12-7-8-13-25(24)30-28(32)35-21(3)26(33)31(15-9-14-29)22-10-5-4-6-11-22/h4-8,10-13,16-18,21H,9,15H2,1-3H3. The topological polar surface area (TPSA) is 79.0 Å². The quantitative estimate of drug-likeness (QED) is 0.259. The van der Waals surface area contributed by atoms with Crippen LogP contribution in [0.2, 0.25) is 0 Å². The number of aromatic nitrogens is 2. The van der Waals surface area contributed by atoms with E-state index in [1.807, 2.05) is 81.4 Å². The first kappa shape index (κ1) is 24.2. The van der Waals surface area contributed by atoms with Crippen LogP contribution in [0.4, 0.5) is 5.69 Å². The normalized spacial score (nSPS) is 11.7. The molecular formula is C28H26N4O2S. The number of nitriles is 1. The number of nitrogens with zero attached hydrogens (tertiary/aromatic N) is 4. The van der Waals surface area contributed by atoms with Gasteiger partial charge in [0.25, 0.3) is 5.56 Å². The van der Waals surface area contributed by atoms with E-state index in [2.05, 4.69) is 12.1 Å². The fraction of sp³-hybridized carbons (Fsp3) is 0.214. The van der Waals surface area contributed by atoms with Gasteiger partial charge in [-0.05, 0) is 68.3 Å². The highest BCUT2D eigenvalue weighted by Crippen LogP contribution is 2.28. The van der Waals surface area contributed by atoms with Gasteiger partial charge in [0.15, 0.2) is 5.16 Å². The van der Waals surface area contributed by atoms with E-state index >= 15 is 0 Å². The first-order valence-corrected chi connectivity index (χ1v) is 12.3. The van der Waals surface area contributed by atoms with Crippen LogP contribution in [0.1, 0.15) is 24.5 Å². The fourth-order valence-electron chi connectivity index (χ4n) is 4.06. The molecule has 0 aliphatic rings. The Morgan fingerprint density at radius 3 is 2.40 bits per heavy atom. The van der Waals surface area contributed by atoms with E-state index in [4.69, 9.17) is 10.2 Å². The Kier molecular flexibility index (Phi) is 7.33. The summed E-state index contributed by atoms with van der Waals surface area (Å²) in [5, 5.41) is 9.55. The first-order chi connectivity index (χ1) is 16.9. The third-order valence-electron chi connectivity index (χ3n) is 5.62. The van der Waals surface area contributed by atoms with Gasteiger partial charge in [-0.1, -0.05) is 48.2 Å². The summed E-state index contributed by atoms with van der Waals surface area (Å²) in [5.41, 5.74) is 3.94. The SMILES string of the molecule is Cc1cc(C)cc(-n2c(SC(C)C(=O)N(CCC#N)c3ccccc3)nc3ccccc3c2=O)c1. The Hall–Kier alpha value is -3.89. The number of aryl methyl sites for hydroxylation is 2. The lowest BCUT2D eigenvalue weighted by Crippen LogP contribution is -2.37. The van der Waals surface area contributed by atoms with Crippen molar-refractivity contribution in [3.05, 3.63) is 94.3 Å². The fourth-order valence-corrected chi connectivity index (χ4v) is 5.05. The minimum absolute atomic E-state index is 0.147. The number of benzene rings is 3. The molecule has 0 N–H and O–H groups in total. The molecule has 0 aliphatic carbocycles. The predicted molar refractivity (Wildman–Crippen MR) is 141 cm³/mol. The molecule has 35 heavy (non-hydrogen) atoms. The monoisotopic (exact) mass is 482 g/mol. The molecule has 0 bridgehead atoms. The number of carbonyl (C=O) groups is 1. The molecule has 6 nitrogen and oxygen atoms in total. The van der Waals surface area contributed by atoms with Crippen molar-refractivity contribution in [3.8, 4) is 11.8 Å². The molecule has 0 fully saturated rings. The molecule has 1 amide bonds. The van der Waals surface area contributed by atoms with Crippen LogP contribution >= 0.6 is 11.8 Å². The lowest BCUT2D eigenvalue weighted by Gasteiger charge is -2.25. The maximum atomic E-state index is 13.6. The minimum Gasteiger partial charge on any atom is -0.310 e. The van der Waals surface area contributed by atoms with E-state index in [-0.39, 0.29) is 17.9 Å². The molecule has 0 saturated heterocycles. The molecule has 1 atom stereocenters. The average Bonchev–Trinajstić information content (AvgIpc) is 2.84. The van der Waals surface area contributed by atoms with Crippen molar-refractivity contribution < 1.29 is 4.79 Å². The molecule has 176 valence electrons. The molecule has 7 heteroatoms. The Balaban J connectivity index is 1.78. The van der Waals surface area contributed by atoms with Crippen molar-refractivity contribution in [3.63, 3.8) is 0 Å². The zero-order valence-electron chi connectivity index (χ0n) is 19.9. The van der Waals surface area contributed by atoms with Crippen LogP contribution in [0.5, 0.6) is 0 Å². The molecule has 1 heterocycles. The Bertz CT molecular complexity index is 1450. The smallest absolute Gasteiger partial charge is 0.266 e. The molecule has 0 radical (unpaired) electrons. The van der Waals surface area contributed by atoms with E-state index in [0.717, 1.165) is 22.5 Å². The number of hydrogen-bond acceptors (Lipinski definition) is 5. The zero-order chi connectivity index (χ0) is 24.9. The summed E-state index contributed by atoms with van der Waals surface area (Å²) in [4.78, 5) is 33.6. The maximum absolute atomic E-state index is 13.6. The van der Waals surface area contributed by atoms with E-state index in [1.54, 1.807) is 15.5 Å².